The van der Waals surface area contributed by atoms with E-state index in [1.807, 2.05) is 23.8 Å². The smallest absolute Gasteiger partial charge is 0.145 e. The number of nitrogens with zero attached hydrogens (tertiary/aromatic N) is 5. The number of rotatable bonds is 4. The molecule has 4 atom stereocenters. The summed E-state index contributed by atoms with van der Waals surface area (Å²) in [6.45, 7) is 1.87. The Bertz CT molecular complexity index is 1240. The predicted molar refractivity (Wildman–Crippen MR) is 109 cm³/mol. The number of aryl methyl sites for hydroxylation is 2. The average Bonchev–Trinajstić information content (AvgIpc) is 3.39. The molecule has 0 saturated heterocycles. The van der Waals surface area contributed by atoms with Gasteiger partial charge in [0.05, 0.1) is 17.5 Å². The van der Waals surface area contributed by atoms with Crippen molar-refractivity contribution in [2.24, 2.45) is 5.92 Å². The maximum Gasteiger partial charge on any atom is 0.145 e. The van der Waals surface area contributed by atoms with Gasteiger partial charge in [-0.25, -0.2) is 19.3 Å². The molecule has 5 rings (SSSR count). The number of nitrogens with two attached hydrogens (primary N) is 1. The standard InChI is InChI=1S/C21H23FN6O2/c1-11-8-24-17-7-12(15(22)9-28(11)17)2-3-13-6-16(19(30)18(13)29)27-5-4-14-20(23)25-10-26-21(14)27/h4-5,7-10,13,16,18-19,29-30H,2-3,6H2,1H3,(H2,23,25,26)/t13-,16+,18+,19-/m0/s1. The highest BCUT2D eigenvalue weighted by molar-refractivity contribution is 5.86. The first-order valence-corrected chi connectivity index (χ1v) is 9.99. The molecule has 0 aromatic carbocycles. The first-order chi connectivity index (χ1) is 14.4. The van der Waals surface area contributed by atoms with E-state index in [0.29, 0.717) is 47.3 Å². The SMILES string of the molecule is Cc1cnc2cc(CC[C@H]3C[C@@H](n4ccc5c(N)ncnc54)[C@H](O)[C@@H]3O)c(F)cn12. The monoisotopic (exact) mass is 410 g/mol. The predicted octanol–water partition coefficient (Wildman–Crippen LogP) is 2.02. The lowest BCUT2D eigenvalue weighted by Gasteiger charge is -2.19. The number of hydrogen-bond acceptors (Lipinski definition) is 6. The van der Waals surface area contributed by atoms with E-state index < -0.39 is 12.2 Å². The summed E-state index contributed by atoms with van der Waals surface area (Å²) in [5.41, 5.74) is 8.67. The molecule has 0 spiro atoms. The van der Waals surface area contributed by atoms with Crippen LogP contribution in [0.5, 0.6) is 0 Å². The number of halogens is 1. The van der Waals surface area contributed by atoms with Crippen LogP contribution in [0.1, 0.15) is 30.1 Å². The number of pyridine rings is 1. The van der Waals surface area contributed by atoms with E-state index in [1.54, 1.807) is 16.7 Å². The number of fused-ring (bicyclic) bond motifs is 2. The largest absolute Gasteiger partial charge is 0.390 e. The molecular formula is C21H23FN6O2. The summed E-state index contributed by atoms with van der Waals surface area (Å²) in [5, 5.41) is 22.1. The van der Waals surface area contributed by atoms with Crippen molar-refractivity contribution in [3.8, 4) is 0 Å². The molecule has 0 bridgehead atoms. The molecule has 0 amide bonds. The lowest BCUT2D eigenvalue weighted by atomic mass is 9.96. The second-order valence-corrected chi connectivity index (χ2v) is 8.08. The Hall–Kier alpha value is -3.04. The van der Waals surface area contributed by atoms with Gasteiger partial charge in [0.25, 0.3) is 0 Å². The molecule has 156 valence electrons. The van der Waals surface area contributed by atoms with Gasteiger partial charge in [0.15, 0.2) is 0 Å². The highest BCUT2D eigenvalue weighted by Gasteiger charge is 2.42. The summed E-state index contributed by atoms with van der Waals surface area (Å²) in [5.74, 6) is -0.0843. The zero-order chi connectivity index (χ0) is 21.0. The highest BCUT2D eigenvalue weighted by atomic mass is 19.1. The molecule has 1 fully saturated rings. The molecule has 0 aliphatic heterocycles. The van der Waals surface area contributed by atoms with Gasteiger partial charge in [0.2, 0.25) is 0 Å². The van der Waals surface area contributed by atoms with Crippen LogP contribution in [0.15, 0.2) is 37.1 Å². The summed E-state index contributed by atoms with van der Waals surface area (Å²) in [4.78, 5) is 12.6. The molecular weight excluding hydrogens is 387 g/mol. The third-order valence-corrected chi connectivity index (χ3v) is 6.32. The fourth-order valence-electron chi connectivity index (χ4n) is 4.61. The first kappa shape index (κ1) is 19.0. The minimum Gasteiger partial charge on any atom is -0.390 e. The van der Waals surface area contributed by atoms with Crippen molar-refractivity contribution in [3.63, 3.8) is 0 Å². The second kappa shape index (κ2) is 7.03. The zero-order valence-electron chi connectivity index (χ0n) is 16.5. The van der Waals surface area contributed by atoms with Crippen molar-refractivity contribution >= 4 is 22.5 Å². The Morgan fingerprint density at radius 3 is 2.90 bits per heavy atom. The molecule has 9 heteroatoms. The number of aromatic nitrogens is 5. The van der Waals surface area contributed by atoms with Crippen LogP contribution in [0, 0.1) is 18.7 Å². The number of aliphatic hydroxyl groups excluding tert-OH is 2. The molecule has 1 saturated carbocycles. The van der Waals surface area contributed by atoms with E-state index in [4.69, 9.17) is 5.73 Å². The Kier molecular flexibility index (Phi) is 4.44. The average molecular weight is 410 g/mol. The minimum atomic E-state index is -0.941. The van der Waals surface area contributed by atoms with Gasteiger partial charge in [-0.2, -0.15) is 0 Å². The Labute approximate surface area is 171 Å². The van der Waals surface area contributed by atoms with E-state index in [1.165, 1.54) is 12.5 Å². The Morgan fingerprint density at radius 2 is 2.07 bits per heavy atom. The van der Waals surface area contributed by atoms with Gasteiger partial charge in [0.1, 0.15) is 35.4 Å². The number of imidazole rings is 1. The van der Waals surface area contributed by atoms with Gasteiger partial charge >= 0.3 is 0 Å². The van der Waals surface area contributed by atoms with Crippen LogP contribution in [-0.4, -0.2) is 46.3 Å². The molecule has 0 unspecified atom stereocenters. The summed E-state index contributed by atoms with van der Waals surface area (Å²) in [7, 11) is 0. The van der Waals surface area contributed by atoms with Crippen LogP contribution in [0.25, 0.3) is 16.7 Å². The van der Waals surface area contributed by atoms with Gasteiger partial charge < -0.3 is 24.9 Å². The number of aliphatic hydroxyl groups is 2. The molecule has 1 aliphatic carbocycles. The number of anilines is 1. The number of hydrogen-bond donors (Lipinski definition) is 3. The zero-order valence-corrected chi connectivity index (χ0v) is 16.5. The van der Waals surface area contributed by atoms with Crippen molar-refractivity contribution in [1.82, 2.24) is 23.9 Å². The normalized spacial score (nSPS) is 24.3. The second-order valence-electron chi connectivity index (χ2n) is 8.08. The molecule has 8 nitrogen and oxygen atoms in total. The van der Waals surface area contributed by atoms with E-state index in [9.17, 15) is 14.6 Å². The van der Waals surface area contributed by atoms with Gasteiger partial charge in [-0.05, 0) is 49.8 Å². The summed E-state index contributed by atoms with van der Waals surface area (Å²) >= 11 is 0. The van der Waals surface area contributed by atoms with Crippen LogP contribution in [-0.2, 0) is 6.42 Å². The summed E-state index contributed by atoms with van der Waals surface area (Å²) in [6.07, 6.45) is 6.09. The van der Waals surface area contributed by atoms with E-state index in [2.05, 4.69) is 15.0 Å². The van der Waals surface area contributed by atoms with Crippen LogP contribution < -0.4 is 5.73 Å². The van der Waals surface area contributed by atoms with Gasteiger partial charge in [-0.3, -0.25) is 0 Å². The van der Waals surface area contributed by atoms with Gasteiger partial charge in [-0.1, -0.05) is 0 Å². The maximum absolute atomic E-state index is 14.5. The molecule has 4 aromatic rings. The van der Waals surface area contributed by atoms with E-state index in [0.717, 1.165) is 5.69 Å². The molecule has 4 aromatic heterocycles. The fraction of sp³-hybridized carbons (Fsp3) is 0.381. The van der Waals surface area contributed by atoms with Gasteiger partial charge in [0, 0.05) is 24.3 Å². The van der Waals surface area contributed by atoms with Crippen LogP contribution in [0.4, 0.5) is 10.2 Å². The van der Waals surface area contributed by atoms with Crippen LogP contribution >= 0.6 is 0 Å². The minimum absolute atomic E-state index is 0.168. The number of nitrogen functional groups attached to an aromatic ring is 1. The lowest BCUT2D eigenvalue weighted by molar-refractivity contribution is 0.00542. The van der Waals surface area contributed by atoms with E-state index in [-0.39, 0.29) is 17.8 Å². The Balaban J connectivity index is 1.36. The van der Waals surface area contributed by atoms with Gasteiger partial charge in [-0.15, -0.1) is 0 Å². The molecule has 1 aliphatic rings. The first-order valence-electron chi connectivity index (χ1n) is 9.99. The van der Waals surface area contributed by atoms with Crippen molar-refractivity contribution < 1.29 is 14.6 Å². The summed E-state index contributed by atoms with van der Waals surface area (Å²) < 4.78 is 18.1. The van der Waals surface area contributed by atoms with Crippen molar-refractivity contribution in [1.29, 1.82) is 0 Å². The molecule has 4 N–H and O–H groups in total. The van der Waals surface area contributed by atoms with Crippen LogP contribution in [0.2, 0.25) is 0 Å². The quantitative estimate of drug-likeness (QED) is 0.474. The van der Waals surface area contributed by atoms with Crippen molar-refractivity contribution in [3.05, 3.63) is 54.1 Å². The third-order valence-electron chi connectivity index (χ3n) is 6.32. The van der Waals surface area contributed by atoms with E-state index >= 15 is 0 Å². The highest BCUT2D eigenvalue weighted by Crippen LogP contribution is 2.39. The maximum atomic E-state index is 14.5. The molecule has 0 radical (unpaired) electrons. The van der Waals surface area contributed by atoms with Crippen molar-refractivity contribution in [2.75, 3.05) is 5.73 Å². The molecule has 4 heterocycles. The lowest BCUT2D eigenvalue weighted by Crippen LogP contribution is -2.29. The fourth-order valence-corrected chi connectivity index (χ4v) is 4.61. The van der Waals surface area contributed by atoms with Crippen LogP contribution in [0.3, 0.4) is 0 Å². The van der Waals surface area contributed by atoms with Crippen molar-refractivity contribution in [2.45, 2.75) is 44.4 Å². The molecule has 30 heavy (non-hydrogen) atoms. The topological polar surface area (TPSA) is 114 Å². The third kappa shape index (κ3) is 2.93. The Morgan fingerprint density at radius 1 is 1.23 bits per heavy atom. The summed E-state index contributed by atoms with van der Waals surface area (Å²) in [6, 6.07) is 3.23.